The zero-order valence-electron chi connectivity index (χ0n) is 21.3. The van der Waals surface area contributed by atoms with Crippen LogP contribution in [-0.4, -0.2) is 75.1 Å². The van der Waals surface area contributed by atoms with Crippen LogP contribution in [0.1, 0.15) is 31.6 Å². The van der Waals surface area contributed by atoms with Crippen LogP contribution in [0, 0.1) is 5.92 Å². The fourth-order valence-corrected chi connectivity index (χ4v) is 6.98. The molecule has 0 bridgehead atoms. The van der Waals surface area contributed by atoms with Crippen molar-refractivity contribution in [2.75, 3.05) is 43.2 Å². The number of piperidine rings is 1. The summed E-state index contributed by atoms with van der Waals surface area (Å²) in [6.45, 7) is 2.55. The lowest BCUT2D eigenvalue weighted by atomic mass is 9.88. The second-order valence-electron chi connectivity index (χ2n) is 10.1. The van der Waals surface area contributed by atoms with Gasteiger partial charge in [-0.2, -0.15) is 0 Å². The van der Waals surface area contributed by atoms with Crippen molar-refractivity contribution in [1.29, 1.82) is 0 Å². The molecule has 2 saturated heterocycles. The molecule has 1 aromatic carbocycles. The number of rotatable bonds is 11. The fourth-order valence-electron chi connectivity index (χ4n) is 4.91. The van der Waals surface area contributed by atoms with Crippen molar-refractivity contribution >= 4 is 33.6 Å². The minimum absolute atomic E-state index is 0. The van der Waals surface area contributed by atoms with Crippen LogP contribution in [0.4, 0.5) is 4.79 Å². The predicted molar refractivity (Wildman–Crippen MR) is 147 cm³/mol. The molecule has 2 aliphatic rings. The Balaban J connectivity index is 0.00000336. The number of nitrogens with one attached hydrogen (secondary N) is 1. The Morgan fingerprint density at radius 2 is 2.11 bits per heavy atom. The number of likely N-dealkylation sites (tertiary alicyclic amines) is 1. The first-order valence-electron chi connectivity index (χ1n) is 12.8. The normalized spacial score (nSPS) is 20.2. The van der Waals surface area contributed by atoms with E-state index in [1.54, 1.807) is 4.90 Å². The molecule has 1 N–H and O–H groups in total. The van der Waals surface area contributed by atoms with Gasteiger partial charge in [-0.05, 0) is 42.2 Å². The van der Waals surface area contributed by atoms with E-state index < -0.39 is 0 Å². The van der Waals surface area contributed by atoms with Crippen LogP contribution in [0.15, 0.2) is 48.9 Å². The Hall–Kier alpha value is -3.11. The molecule has 37 heavy (non-hydrogen) atoms. The van der Waals surface area contributed by atoms with Crippen molar-refractivity contribution in [1.82, 2.24) is 24.8 Å². The van der Waals surface area contributed by atoms with E-state index in [4.69, 9.17) is 9.47 Å². The number of hydrogen-bond donors (Lipinski definition) is 1. The average Bonchev–Trinajstić information content (AvgIpc) is 3.52. The molecule has 200 valence electrons. The molecule has 0 spiro atoms. The van der Waals surface area contributed by atoms with Gasteiger partial charge >= 0.3 is 6.09 Å². The molecule has 4 heterocycles. The van der Waals surface area contributed by atoms with Gasteiger partial charge in [0, 0.05) is 37.8 Å². The predicted octanol–water partition coefficient (Wildman–Crippen LogP) is 3.94. The van der Waals surface area contributed by atoms with E-state index in [0.29, 0.717) is 26.2 Å². The summed E-state index contributed by atoms with van der Waals surface area (Å²) in [5.74, 6) is 3.90. The summed E-state index contributed by atoms with van der Waals surface area (Å²) in [5, 5.41) is 3.86. The van der Waals surface area contributed by atoms with Gasteiger partial charge in [0.2, 0.25) is 6.41 Å². The van der Waals surface area contributed by atoms with Crippen LogP contribution in [0.3, 0.4) is 0 Å². The lowest BCUT2D eigenvalue weighted by Gasteiger charge is -2.36. The average molecular weight is 528 g/mol. The highest BCUT2D eigenvalue weighted by Gasteiger charge is 2.33. The molecular formula is C27H37N5O4S. The summed E-state index contributed by atoms with van der Waals surface area (Å²) >= 11 is 0. The topological polar surface area (TPSA) is 98.6 Å². The summed E-state index contributed by atoms with van der Waals surface area (Å²) in [4.78, 5) is 35.3. The number of aromatic nitrogens is 3. The van der Waals surface area contributed by atoms with Crippen molar-refractivity contribution in [3.63, 3.8) is 0 Å². The number of carbonyl (C=O) groups is 2. The summed E-state index contributed by atoms with van der Waals surface area (Å²) in [7, 11) is -0.361. The summed E-state index contributed by atoms with van der Waals surface area (Å²) < 4.78 is 13.5. The lowest BCUT2D eigenvalue weighted by molar-refractivity contribution is -0.110. The largest absolute Gasteiger partial charge is 0.445 e. The monoisotopic (exact) mass is 527 g/mol. The maximum atomic E-state index is 12.8. The third-order valence-electron chi connectivity index (χ3n) is 7.37. The molecule has 2 unspecified atom stereocenters. The van der Waals surface area contributed by atoms with E-state index in [1.165, 1.54) is 17.8 Å². The van der Waals surface area contributed by atoms with Gasteiger partial charge in [0.25, 0.3) is 0 Å². The maximum Gasteiger partial charge on any atom is 0.410 e. The van der Waals surface area contributed by atoms with Gasteiger partial charge in [-0.25, -0.2) is 24.8 Å². The minimum Gasteiger partial charge on any atom is -0.445 e. The molecule has 2 atom stereocenters. The van der Waals surface area contributed by atoms with Crippen LogP contribution in [0.25, 0.3) is 11.0 Å². The zero-order valence-corrected chi connectivity index (χ0v) is 22.1. The van der Waals surface area contributed by atoms with Gasteiger partial charge in [0.15, 0.2) is 0 Å². The van der Waals surface area contributed by atoms with Gasteiger partial charge in [-0.3, -0.25) is 4.79 Å². The van der Waals surface area contributed by atoms with E-state index in [2.05, 4.69) is 21.5 Å². The number of benzene rings is 1. The van der Waals surface area contributed by atoms with Gasteiger partial charge in [-0.15, -0.1) is 0 Å². The smallest absolute Gasteiger partial charge is 0.410 e. The molecular weight excluding hydrogens is 490 g/mol. The lowest BCUT2D eigenvalue weighted by Crippen LogP contribution is -2.44. The van der Waals surface area contributed by atoms with E-state index in [1.807, 2.05) is 47.2 Å². The molecule has 2 fully saturated rings. The Morgan fingerprint density at radius 1 is 1.27 bits per heavy atom. The van der Waals surface area contributed by atoms with Crippen LogP contribution < -0.4 is 5.32 Å². The summed E-state index contributed by atoms with van der Waals surface area (Å²) in [6.07, 6.45) is 7.95. The van der Waals surface area contributed by atoms with Gasteiger partial charge < -0.3 is 24.3 Å². The Kier molecular flexibility index (Phi) is 7.95. The highest BCUT2D eigenvalue weighted by Crippen LogP contribution is 2.57. The third kappa shape index (κ3) is 6.24. The van der Waals surface area contributed by atoms with Gasteiger partial charge in [0.1, 0.15) is 25.3 Å². The highest BCUT2D eigenvalue weighted by atomic mass is 32.3. The zero-order chi connectivity index (χ0) is 25.7. The van der Waals surface area contributed by atoms with Crippen LogP contribution >= 0.6 is 10.0 Å². The van der Waals surface area contributed by atoms with Gasteiger partial charge in [-0.1, -0.05) is 30.3 Å². The van der Waals surface area contributed by atoms with Gasteiger partial charge in [0.05, 0.1) is 18.3 Å². The van der Waals surface area contributed by atoms with E-state index in [-0.39, 0.29) is 36.1 Å². The second kappa shape index (κ2) is 11.5. The number of amides is 2. The highest BCUT2D eigenvalue weighted by molar-refractivity contribution is 8.38. The second-order valence-corrected chi connectivity index (χ2v) is 14.2. The van der Waals surface area contributed by atoms with Crippen molar-refractivity contribution in [2.45, 2.75) is 32.2 Å². The summed E-state index contributed by atoms with van der Waals surface area (Å²) in [5.41, 5.74) is 2.49. The first-order valence-corrected chi connectivity index (χ1v) is 15.4. The number of fused-ring (bicyclic) bond motifs is 1. The van der Waals surface area contributed by atoms with Crippen LogP contribution in [0.5, 0.6) is 0 Å². The van der Waals surface area contributed by atoms with Crippen molar-refractivity contribution in [2.24, 2.45) is 5.92 Å². The number of ether oxygens (including phenoxy) is 2. The maximum absolute atomic E-state index is 12.8. The van der Waals surface area contributed by atoms with Crippen molar-refractivity contribution < 1.29 is 20.5 Å². The number of nitrogens with zero attached hydrogens (tertiary/aromatic N) is 4. The first-order chi connectivity index (χ1) is 18.1. The van der Waals surface area contributed by atoms with E-state index >= 15 is 0 Å². The number of hydrogen-bond acceptors (Lipinski definition) is 6. The molecule has 10 heteroatoms. The Morgan fingerprint density at radius 3 is 2.89 bits per heavy atom. The molecule has 0 saturated carbocycles. The molecule has 3 aromatic rings. The fraction of sp³-hybridized carbons (Fsp3) is 0.481. The minimum atomic E-state index is -0.361. The molecule has 0 radical (unpaired) electrons. The number of carbonyl (C=O) groups excluding carboxylic acids is 2. The molecule has 2 aliphatic heterocycles. The molecule has 2 aromatic heterocycles. The van der Waals surface area contributed by atoms with E-state index in [9.17, 15) is 9.59 Å². The molecule has 2 amide bonds. The quantitative estimate of drug-likeness (QED) is 0.230. The SMILES string of the molecule is CS1(CCOCn2ccc3c(C(NC=O)C4CCCN(C(=O)OCc5ccccc5)C4)ncnc32)CC1.[HH]. The molecule has 5 rings (SSSR count). The van der Waals surface area contributed by atoms with Crippen molar-refractivity contribution in [3.8, 4) is 0 Å². The Bertz CT molecular complexity index is 1220. The van der Waals surface area contributed by atoms with Crippen LogP contribution in [-0.2, 0) is 27.6 Å². The standard InChI is InChI=1S/C27H35N5O4S.H2/c1-37(14-15-37)13-12-35-20-32-11-9-23-25(28-18-29-26(23)32)24(30-19-33)22-8-5-10-31(16-22)27(34)36-17-21-6-3-2-4-7-21;/h2-4,6-7,9,11,18-19,22,24H,5,8,10,12-17,20H2,1H3,(H,30,33);1H. The van der Waals surface area contributed by atoms with Crippen LogP contribution in [0.2, 0.25) is 0 Å². The van der Waals surface area contributed by atoms with E-state index in [0.717, 1.165) is 47.5 Å². The first kappa shape index (κ1) is 25.5. The van der Waals surface area contributed by atoms with Crippen molar-refractivity contribution in [3.05, 3.63) is 60.2 Å². The Labute approximate surface area is 220 Å². The molecule has 9 nitrogen and oxygen atoms in total. The molecule has 0 aliphatic carbocycles. The third-order valence-corrected chi connectivity index (χ3v) is 10.3. The summed E-state index contributed by atoms with van der Waals surface area (Å²) in [6, 6.07) is 11.3.